The van der Waals surface area contributed by atoms with Gasteiger partial charge in [-0.1, -0.05) is 12.1 Å². The van der Waals surface area contributed by atoms with E-state index in [1.165, 1.54) is 31.4 Å². The fraction of sp³-hybridized carbons (Fsp3) is 0.0667. The number of anilines is 1. The molecule has 1 amide bonds. The van der Waals surface area contributed by atoms with Gasteiger partial charge in [-0.2, -0.15) is 0 Å². The van der Waals surface area contributed by atoms with Gasteiger partial charge in [-0.3, -0.25) is 4.79 Å². The van der Waals surface area contributed by atoms with Crippen molar-refractivity contribution in [3.05, 3.63) is 53.6 Å². The predicted octanol–water partition coefficient (Wildman–Crippen LogP) is 2.35. The van der Waals surface area contributed by atoms with Gasteiger partial charge in [-0.25, -0.2) is 4.79 Å². The number of phenols is 1. The Morgan fingerprint density at radius 1 is 1.14 bits per heavy atom. The Balaban J connectivity index is 2.27. The summed E-state index contributed by atoms with van der Waals surface area (Å²) in [7, 11) is 1.49. The highest BCUT2D eigenvalue weighted by molar-refractivity contribution is 6.06. The van der Waals surface area contributed by atoms with Crippen LogP contribution in [-0.4, -0.2) is 29.2 Å². The molecule has 0 fully saturated rings. The lowest BCUT2D eigenvalue weighted by molar-refractivity contribution is 0.0693. The Labute approximate surface area is 120 Å². The number of hydrogen-bond acceptors (Lipinski definition) is 4. The van der Waals surface area contributed by atoms with Crippen LogP contribution < -0.4 is 10.1 Å². The number of benzene rings is 2. The van der Waals surface area contributed by atoms with Crippen LogP contribution in [0.15, 0.2) is 42.5 Å². The molecule has 0 aliphatic carbocycles. The molecule has 0 heterocycles. The number of methoxy groups -OCH3 is 1. The number of nitrogens with one attached hydrogen (secondary N) is 1. The third-order valence-corrected chi connectivity index (χ3v) is 2.85. The van der Waals surface area contributed by atoms with Gasteiger partial charge in [0.2, 0.25) is 0 Å². The second-order valence-corrected chi connectivity index (χ2v) is 4.19. The summed E-state index contributed by atoms with van der Waals surface area (Å²) < 4.78 is 5.02. The lowest BCUT2D eigenvalue weighted by Gasteiger charge is -2.09. The Kier molecular flexibility index (Phi) is 4.08. The predicted molar refractivity (Wildman–Crippen MR) is 76.0 cm³/mol. The van der Waals surface area contributed by atoms with E-state index in [2.05, 4.69) is 5.32 Å². The SMILES string of the molecule is COc1cccc(C(=O)Nc2cccc(C(=O)O)c2O)c1. The van der Waals surface area contributed by atoms with E-state index in [1.54, 1.807) is 18.2 Å². The van der Waals surface area contributed by atoms with Crippen molar-refractivity contribution in [1.82, 2.24) is 0 Å². The van der Waals surface area contributed by atoms with Crippen LogP contribution in [0.3, 0.4) is 0 Å². The Morgan fingerprint density at radius 3 is 2.52 bits per heavy atom. The molecule has 0 aromatic heterocycles. The molecule has 0 spiro atoms. The number of carbonyl (C=O) groups is 2. The number of aromatic carboxylic acids is 1. The summed E-state index contributed by atoms with van der Waals surface area (Å²) in [6.07, 6.45) is 0. The van der Waals surface area contributed by atoms with Gasteiger partial charge in [0.05, 0.1) is 12.8 Å². The minimum absolute atomic E-state index is 0.0303. The third-order valence-electron chi connectivity index (χ3n) is 2.85. The molecule has 0 bridgehead atoms. The molecule has 0 saturated carbocycles. The van der Waals surface area contributed by atoms with Crippen molar-refractivity contribution in [1.29, 1.82) is 0 Å². The molecule has 2 aromatic carbocycles. The minimum atomic E-state index is -1.27. The smallest absolute Gasteiger partial charge is 0.339 e. The van der Waals surface area contributed by atoms with Crippen LogP contribution in [0, 0.1) is 0 Å². The summed E-state index contributed by atoms with van der Waals surface area (Å²) >= 11 is 0. The number of para-hydroxylation sites is 1. The van der Waals surface area contributed by atoms with E-state index < -0.39 is 17.6 Å². The molecule has 0 aliphatic rings. The first-order valence-electron chi connectivity index (χ1n) is 6.03. The van der Waals surface area contributed by atoms with E-state index in [0.29, 0.717) is 11.3 Å². The monoisotopic (exact) mass is 287 g/mol. The molecule has 2 aromatic rings. The summed E-state index contributed by atoms with van der Waals surface area (Å²) in [5, 5.41) is 21.2. The zero-order valence-electron chi connectivity index (χ0n) is 11.2. The van der Waals surface area contributed by atoms with Crippen molar-refractivity contribution in [2.24, 2.45) is 0 Å². The third kappa shape index (κ3) is 3.11. The van der Waals surface area contributed by atoms with Crippen molar-refractivity contribution < 1.29 is 24.5 Å². The molecule has 0 aliphatic heterocycles. The zero-order chi connectivity index (χ0) is 15.4. The lowest BCUT2D eigenvalue weighted by atomic mass is 10.1. The maximum absolute atomic E-state index is 12.1. The van der Waals surface area contributed by atoms with Crippen LogP contribution in [-0.2, 0) is 0 Å². The summed E-state index contributed by atoms with van der Waals surface area (Å²) in [5.74, 6) is -1.72. The second kappa shape index (κ2) is 5.96. The van der Waals surface area contributed by atoms with Crippen LogP contribution in [0.2, 0.25) is 0 Å². The summed E-state index contributed by atoms with van der Waals surface area (Å²) in [4.78, 5) is 23.0. The molecule has 0 saturated heterocycles. The molecule has 0 atom stereocenters. The minimum Gasteiger partial charge on any atom is -0.505 e. The highest BCUT2D eigenvalue weighted by atomic mass is 16.5. The van der Waals surface area contributed by atoms with Crippen molar-refractivity contribution in [3.8, 4) is 11.5 Å². The molecule has 21 heavy (non-hydrogen) atoms. The first kappa shape index (κ1) is 14.4. The van der Waals surface area contributed by atoms with Crippen molar-refractivity contribution >= 4 is 17.6 Å². The Morgan fingerprint density at radius 2 is 1.86 bits per heavy atom. The number of hydrogen-bond donors (Lipinski definition) is 3. The highest BCUT2D eigenvalue weighted by Crippen LogP contribution is 2.28. The normalized spacial score (nSPS) is 9.95. The fourth-order valence-corrected chi connectivity index (χ4v) is 1.78. The number of carbonyl (C=O) groups excluding carboxylic acids is 1. The van der Waals surface area contributed by atoms with Crippen LogP contribution >= 0.6 is 0 Å². The maximum Gasteiger partial charge on any atom is 0.339 e. The van der Waals surface area contributed by atoms with Gasteiger partial charge in [0.15, 0.2) is 5.75 Å². The van der Waals surface area contributed by atoms with E-state index >= 15 is 0 Å². The quantitative estimate of drug-likeness (QED) is 0.750. The van der Waals surface area contributed by atoms with Gasteiger partial charge in [0, 0.05) is 5.56 Å². The van der Waals surface area contributed by atoms with Gasteiger partial charge < -0.3 is 20.3 Å². The first-order valence-corrected chi connectivity index (χ1v) is 6.03. The molecule has 6 nitrogen and oxygen atoms in total. The van der Waals surface area contributed by atoms with Crippen LogP contribution in [0.1, 0.15) is 20.7 Å². The maximum atomic E-state index is 12.1. The van der Waals surface area contributed by atoms with Crippen LogP contribution in [0.4, 0.5) is 5.69 Å². The molecule has 6 heteroatoms. The number of rotatable bonds is 4. The van der Waals surface area contributed by atoms with Crippen LogP contribution in [0.25, 0.3) is 0 Å². The molecular formula is C15H13NO5. The molecule has 0 radical (unpaired) electrons. The largest absolute Gasteiger partial charge is 0.505 e. The molecular weight excluding hydrogens is 274 g/mol. The average Bonchev–Trinajstić information content (AvgIpc) is 2.49. The second-order valence-electron chi connectivity index (χ2n) is 4.19. The van der Waals surface area contributed by atoms with E-state index in [1.807, 2.05) is 0 Å². The van der Waals surface area contributed by atoms with Crippen molar-refractivity contribution in [3.63, 3.8) is 0 Å². The molecule has 108 valence electrons. The van der Waals surface area contributed by atoms with Crippen molar-refractivity contribution in [2.45, 2.75) is 0 Å². The number of carboxylic acid groups (broad SMARTS) is 1. The lowest BCUT2D eigenvalue weighted by Crippen LogP contribution is -2.12. The molecule has 3 N–H and O–H groups in total. The average molecular weight is 287 g/mol. The number of ether oxygens (including phenoxy) is 1. The van der Waals surface area contributed by atoms with Crippen LogP contribution in [0.5, 0.6) is 11.5 Å². The number of carboxylic acids is 1. The molecule has 0 unspecified atom stereocenters. The van der Waals surface area contributed by atoms with Gasteiger partial charge in [0.1, 0.15) is 11.3 Å². The van der Waals surface area contributed by atoms with E-state index in [0.717, 1.165) is 0 Å². The number of aromatic hydroxyl groups is 1. The fourth-order valence-electron chi connectivity index (χ4n) is 1.78. The van der Waals surface area contributed by atoms with Crippen molar-refractivity contribution in [2.75, 3.05) is 12.4 Å². The first-order chi connectivity index (χ1) is 10.0. The standard InChI is InChI=1S/C15H13NO5/c1-21-10-5-2-4-9(8-10)14(18)16-12-7-3-6-11(13(12)17)15(19)20/h2-8,17H,1H3,(H,16,18)(H,19,20). The van der Waals surface area contributed by atoms with E-state index in [4.69, 9.17) is 9.84 Å². The molecule has 2 rings (SSSR count). The van der Waals surface area contributed by atoms with Gasteiger partial charge in [-0.15, -0.1) is 0 Å². The van der Waals surface area contributed by atoms with Gasteiger partial charge >= 0.3 is 5.97 Å². The topological polar surface area (TPSA) is 95.9 Å². The number of amides is 1. The highest BCUT2D eigenvalue weighted by Gasteiger charge is 2.15. The van der Waals surface area contributed by atoms with Gasteiger partial charge in [-0.05, 0) is 30.3 Å². The van der Waals surface area contributed by atoms with E-state index in [-0.39, 0.29) is 11.3 Å². The zero-order valence-corrected chi connectivity index (χ0v) is 11.2. The summed E-state index contributed by atoms with van der Waals surface area (Å²) in [6.45, 7) is 0. The Hall–Kier alpha value is -3.02. The van der Waals surface area contributed by atoms with E-state index in [9.17, 15) is 14.7 Å². The van der Waals surface area contributed by atoms with Gasteiger partial charge in [0.25, 0.3) is 5.91 Å². The Bertz CT molecular complexity index is 696. The summed E-state index contributed by atoms with van der Waals surface area (Å²) in [6, 6.07) is 10.6. The summed E-state index contributed by atoms with van der Waals surface area (Å²) in [5.41, 5.74) is 0.0793.